The van der Waals surface area contributed by atoms with Crippen LogP contribution in [0.1, 0.15) is 66.2 Å². The van der Waals surface area contributed by atoms with E-state index in [0.29, 0.717) is 0 Å². The molecule has 9 atom stereocenters. The van der Waals surface area contributed by atoms with Crippen molar-refractivity contribution in [2.45, 2.75) is 121 Å². The summed E-state index contributed by atoms with van der Waals surface area (Å²) in [6, 6.07) is -13.4. The van der Waals surface area contributed by atoms with Gasteiger partial charge < -0.3 is 95.1 Å². The highest BCUT2D eigenvalue weighted by molar-refractivity contribution is 8.76. The van der Waals surface area contributed by atoms with Crippen molar-refractivity contribution in [1.82, 2.24) is 47.9 Å². The molecule has 1 rings (SSSR count). The van der Waals surface area contributed by atoms with Gasteiger partial charge in [0.15, 0.2) is 5.96 Å². The number of primary amides is 1. The number of hydrogen-bond acceptors (Lipinski definition) is 19. The summed E-state index contributed by atoms with van der Waals surface area (Å²) in [5.41, 5.74) is 16.0. The number of hydrogen-bond donors (Lipinski definition) is 14. The number of carbonyl (C=O) groups is 12. The molecule has 31 heteroatoms. The van der Waals surface area contributed by atoms with Crippen LogP contribution in [0.4, 0.5) is 0 Å². The molecule has 1 saturated heterocycles. The van der Waals surface area contributed by atoms with Crippen LogP contribution in [0.3, 0.4) is 0 Å². The van der Waals surface area contributed by atoms with Crippen LogP contribution in [-0.2, 0) is 57.5 Å². The van der Waals surface area contributed by atoms with Gasteiger partial charge in [-0.25, -0.2) is 0 Å². The van der Waals surface area contributed by atoms with Crippen molar-refractivity contribution in [2.24, 2.45) is 28.1 Å². The summed E-state index contributed by atoms with van der Waals surface area (Å²) >= 11 is 0. The Labute approximate surface area is 403 Å². The Morgan fingerprint density at radius 3 is 1.88 bits per heavy atom. The predicted molar refractivity (Wildman–Crippen MR) is 240 cm³/mol. The van der Waals surface area contributed by atoms with Crippen molar-refractivity contribution in [3.63, 3.8) is 0 Å². The third-order valence-corrected chi connectivity index (χ3v) is 11.8. The SMILES string of the molecule is CC(=O)N[C@H]1CSSC[C@@H](C(=O)NCC(=O)N[C@@H](CCC(=O)[O-])C(N)=O)NC(=O)[C@H](CC(C)C)NC(=O)[C@H]([C@@H](C)O)NC(=O)[C@H](CC(=O)[O-])NC(=O)[C@H](CO)NC(=O)[C@H](CCCN=C(N)N)NC1=O. The van der Waals surface area contributed by atoms with Crippen LogP contribution in [0, 0.1) is 5.92 Å². The molecule has 0 aromatic carbocycles. The fraction of sp³-hybridized carbons (Fsp3) is 0.658. The lowest BCUT2D eigenvalue weighted by atomic mass is 10.0. The monoisotopic (exact) mass is 1020 g/mol. The van der Waals surface area contributed by atoms with E-state index in [0.717, 1.165) is 35.4 Å². The number of carboxylic acids is 2. The van der Waals surface area contributed by atoms with E-state index >= 15 is 0 Å². The average Bonchev–Trinajstić information content (AvgIpc) is 3.24. The molecule has 1 heterocycles. The molecule has 1 fully saturated rings. The van der Waals surface area contributed by atoms with Gasteiger partial charge >= 0.3 is 0 Å². The fourth-order valence-electron chi connectivity index (χ4n) is 5.98. The van der Waals surface area contributed by atoms with Crippen LogP contribution >= 0.6 is 21.6 Å². The van der Waals surface area contributed by atoms with Crippen molar-refractivity contribution in [2.75, 3.05) is 31.2 Å². The van der Waals surface area contributed by atoms with Crippen molar-refractivity contribution in [1.29, 1.82) is 0 Å². The van der Waals surface area contributed by atoms with Crippen molar-refractivity contribution >= 4 is 98.6 Å². The molecular formula is C38H61N13O16S2-2. The number of rotatable bonds is 19. The third-order valence-electron chi connectivity index (χ3n) is 9.42. The molecule has 69 heavy (non-hydrogen) atoms. The number of nitrogens with two attached hydrogens (primary N) is 3. The van der Waals surface area contributed by atoms with E-state index in [9.17, 15) is 78.0 Å². The van der Waals surface area contributed by atoms with E-state index in [1.807, 2.05) is 5.32 Å². The summed E-state index contributed by atoms with van der Waals surface area (Å²) < 4.78 is 0. The number of amides is 10. The molecule has 0 spiro atoms. The summed E-state index contributed by atoms with van der Waals surface area (Å²) in [4.78, 5) is 159. The second-order valence-electron chi connectivity index (χ2n) is 15.8. The lowest BCUT2D eigenvalue weighted by molar-refractivity contribution is -0.307. The minimum absolute atomic E-state index is 0.0383. The first-order valence-electron chi connectivity index (χ1n) is 21.2. The van der Waals surface area contributed by atoms with E-state index in [1.54, 1.807) is 13.8 Å². The quantitative estimate of drug-likeness (QED) is 0.0247. The van der Waals surface area contributed by atoms with Gasteiger partial charge in [-0.05, 0) is 44.9 Å². The van der Waals surface area contributed by atoms with Crippen molar-refractivity contribution < 1.29 is 78.0 Å². The number of aliphatic hydroxyl groups is 2. The van der Waals surface area contributed by atoms with Gasteiger partial charge in [-0.3, -0.25) is 52.9 Å². The van der Waals surface area contributed by atoms with Gasteiger partial charge in [-0.1, -0.05) is 35.4 Å². The van der Waals surface area contributed by atoms with E-state index in [-0.39, 0.29) is 49.2 Å². The molecule has 388 valence electrons. The second-order valence-corrected chi connectivity index (χ2v) is 18.4. The number of aliphatic hydroxyl groups excluding tert-OH is 2. The molecule has 0 unspecified atom stereocenters. The smallest absolute Gasteiger partial charge is 0.245 e. The standard InChI is InChI=1S/C38H63N13O16S2/c1-16(2)10-21-33(63)50-24(31(61)43-12-26(55)45-19(30(39)60)7-8-27(56)57)14-68-69-15-25(44-18(4)54)36(66)46-20(6-5-9-42-38(40)41)32(62)49-23(13-52)35(65)47-22(11-28(58)59)34(64)51-29(17(3)53)37(67)48-21/h16-17,19-25,29,52-53H,5-15H2,1-4H3,(H2,39,60)(H,43,61)(H,44,54)(H,45,55)(H,46,66)(H,47,65)(H,48,67)(H,49,62)(H,50,63)(H,51,64)(H,56,57)(H,58,59)(H4,40,41,42)/p-2/t17-,19+,20+,21+,22+,23+,24+,25+,29+/m1/s1. The van der Waals surface area contributed by atoms with E-state index in [1.165, 1.54) is 0 Å². The molecule has 29 nitrogen and oxygen atoms in total. The number of guanidine groups is 1. The predicted octanol–water partition coefficient (Wildman–Crippen LogP) is -9.98. The van der Waals surface area contributed by atoms with Crippen LogP contribution in [0.5, 0.6) is 0 Å². The highest BCUT2D eigenvalue weighted by Gasteiger charge is 2.36. The first-order chi connectivity index (χ1) is 32.2. The molecule has 17 N–H and O–H groups in total. The molecule has 1 aliphatic rings. The van der Waals surface area contributed by atoms with Gasteiger partial charge in [0.1, 0.15) is 48.3 Å². The summed E-state index contributed by atoms with van der Waals surface area (Å²) in [5.74, 6) is -15.4. The average molecular weight is 1020 g/mol. The highest BCUT2D eigenvalue weighted by Crippen LogP contribution is 2.24. The molecular weight excluding hydrogens is 959 g/mol. The molecule has 0 aromatic heterocycles. The summed E-state index contributed by atoms with van der Waals surface area (Å²) in [6.45, 7) is 3.44. The maximum atomic E-state index is 13.9. The minimum atomic E-state index is -2.08. The van der Waals surface area contributed by atoms with Crippen molar-refractivity contribution in [3.8, 4) is 0 Å². The molecule has 0 aromatic rings. The fourth-order valence-corrected chi connectivity index (χ4v) is 8.31. The van der Waals surface area contributed by atoms with Crippen LogP contribution in [0.15, 0.2) is 4.99 Å². The number of aliphatic imine (C=N–C) groups is 1. The Hall–Kier alpha value is -6.47. The highest BCUT2D eigenvalue weighted by atomic mass is 33.1. The maximum Gasteiger partial charge on any atom is 0.245 e. The Bertz CT molecular complexity index is 1910. The number of nitrogens with one attached hydrogen (secondary N) is 9. The minimum Gasteiger partial charge on any atom is -0.550 e. The first-order valence-corrected chi connectivity index (χ1v) is 23.7. The summed E-state index contributed by atoms with van der Waals surface area (Å²) in [5, 5.41) is 63.8. The van der Waals surface area contributed by atoms with Crippen LogP contribution in [0.2, 0.25) is 0 Å². The van der Waals surface area contributed by atoms with Gasteiger partial charge in [-0.15, -0.1) is 0 Å². The van der Waals surface area contributed by atoms with Gasteiger partial charge in [0.25, 0.3) is 0 Å². The molecule has 0 aliphatic carbocycles. The number of aliphatic carboxylic acids is 2. The zero-order valence-electron chi connectivity index (χ0n) is 38.2. The van der Waals surface area contributed by atoms with Gasteiger partial charge in [0.2, 0.25) is 59.1 Å². The van der Waals surface area contributed by atoms with E-state index < -0.39 is 158 Å². The lowest BCUT2D eigenvalue weighted by Crippen LogP contribution is -2.62. The number of nitrogens with zero attached hydrogens (tertiary/aromatic N) is 1. The molecule has 0 bridgehead atoms. The summed E-state index contributed by atoms with van der Waals surface area (Å²) in [7, 11) is 1.76. The number of carboxylic acid groups (broad SMARTS) is 2. The topological polar surface area (TPSA) is 490 Å². The Morgan fingerprint density at radius 2 is 1.33 bits per heavy atom. The van der Waals surface area contributed by atoms with Crippen LogP contribution in [0.25, 0.3) is 0 Å². The maximum absolute atomic E-state index is 13.9. The van der Waals surface area contributed by atoms with Crippen LogP contribution in [-0.4, -0.2) is 173 Å². The first kappa shape index (κ1) is 60.5. The molecule has 0 radical (unpaired) electrons. The molecule has 0 saturated carbocycles. The molecule has 1 aliphatic heterocycles. The van der Waals surface area contributed by atoms with Crippen LogP contribution < -0.4 is 75.3 Å². The zero-order valence-corrected chi connectivity index (χ0v) is 39.8. The van der Waals surface area contributed by atoms with Gasteiger partial charge in [0.05, 0.1) is 19.3 Å². The third kappa shape index (κ3) is 23.9. The van der Waals surface area contributed by atoms with E-state index in [4.69, 9.17) is 17.2 Å². The van der Waals surface area contributed by atoms with Crippen molar-refractivity contribution in [3.05, 3.63) is 0 Å². The number of carbonyl (C=O) groups excluding carboxylic acids is 12. The molecule has 10 amide bonds. The lowest BCUT2D eigenvalue weighted by Gasteiger charge is -2.28. The van der Waals surface area contributed by atoms with Gasteiger partial charge in [-0.2, -0.15) is 0 Å². The van der Waals surface area contributed by atoms with E-state index in [2.05, 4.69) is 47.5 Å². The summed E-state index contributed by atoms with van der Waals surface area (Å²) in [6.07, 6.45) is -4.36. The van der Waals surface area contributed by atoms with Gasteiger partial charge in [0, 0.05) is 43.3 Å². The Morgan fingerprint density at radius 1 is 0.768 bits per heavy atom. The normalized spacial score (nSPS) is 23.4. The second kappa shape index (κ2) is 30.8. The zero-order chi connectivity index (χ0) is 52.5. The Balaban J connectivity index is 3.81. The largest absolute Gasteiger partial charge is 0.550 e. The Kier molecular flexibility index (Phi) is 27.0.